The van der Waals surface area contributed by atoms with Crippen LogP contribution in [-0.4, -0.2) is 13.9 Å². The van der Waals surface area contributed by atoms with Crippen molar-refractivity contribution in [2.24, 2.45) is 28.6 Å². The molecule has 2 aliphatic rings. The highest BCUT2D eigenvalue weighted by atomic mass is 32.2. The molecular weight excluding hydrogens is 377 g/mol. The maximum absolute atomic E-state index is 12.7. The fourth-order valence-electron chi connectivity index (χ4n) is 5.11. The largest absolute Gasteiger partial charge is 0.534 e. The SMILES string of the molecule is C[C@H](CCCC(C)(C)C)[C@H]1CC[C@H]2C(OS(=O)(=O)C(F)(F)F)=CCC[C@]12C. The third-order valence-electron chi connectivity index (χ3n) is 6.54. The number of fused-ring (bicyclic) bond motifs is 1. The maximum atomic E-state index is 12.7. The third kappa shape index (κ3) is 5.01. The van der Waals surface area contributed by atoms with Crippen molar-refractivity contribution in [2.75, 3.05) is 0 Å². The summed E-state index contributed by atoms with van der Waals surface area (Å²) >= 11 is 0. The molecule has 7 heteroatoms. The molecule has 1 saturated carbocycles. The van der Waals surface area contributed by atoms with Gasteiger partial charge < -0.3 is 4.18 Å². The predicted molar refractivity (Wildman–Crippen MR) is 100 cm³/mol. The second kappa shape index (κ2) is 7.60. The summed E-state index contributed by atoms with van der Waals surface area (Å²) in [6.45, 7) is 11.0. The molecule has 0 amide bonds. The minimum absolute atomic E-state index is 0.00506. The van der Waals surface area contributed by atoms with Gasteiger partial charge in [-0.1, -0.05) is 47.5 Å². The number of allylic oxidation sites excluding steroid dienone is 2. The fourth-order valence-corrected chi connectivity index (χ4v) is 5.65. The molecule has 1 fully saturated rings. The highest BCUT2D eigenvalue weighted by Crippen LogP contribution is 2.59. The average Bonchev–Trinajstić information content (AvgIpc) is 2.82. The van der Waals surface area contributed by atoms with E-state index in [2.05, 4.69) is 38.8 Å². The van der Waals surface area contributed by atoms with Gasteiger partial charge in [0.2, 0.25) is 0 Å². The van der Waals surface area contributed by atoms with Crippen molar-refractivity contribution >= 4 is 10.1 Å². The van der Waals surface area contributed by atoms with Gasteiger partial charge in [-0.3, -0.25) is 0 Å². The first kappa shape index (κ1) is 22.6. The molecule has 2 aliphatic carbocycles. The minimum atomic E-state index is -5.60. The summed E-state index contributed by atoms with van der Waals surface area (Å²) in [5.74, 6) is 0.591. The van der Waals surface area contributed by atoms with Gasteiger partial charge in [0.1, 0.15) is 5.76 Å². The van der Waals surface area contributed by atoms with Gasteiger partial charge in [-0.25, -0.2) is 0 Å². The molecule has 0 aromatic heterocycles. The van der Waals surface area contributed by atoms with Gasteiger partial charge in [0, 0.05) is 5.92 Å². The average molecular weight is 411 g/mol. The Bertz CT molecular complexity index is 661. The van der Waals surface area contributed by atoms with Gasteiger partial charge in [0.05, 0.1) is 0 Å². The Hall–Kier alpha value is -0.720. The van der Waals surface area contributed by atoms with Crippen molar-refractivity contribution in [1.82, 2.24) is 0 Å². The van der Waals surface area contributed by atoms with Crippen molar-refractivity contribution in [3.8, 4) is 0 Å². The van der Waals surface area contributed by atoms with E-state index in [0.29, 0.717) is 30.1 Å². The Morgan fingerprint density at radius 2 is 1.89 bits per heavy atom. The van der Waals surface area contributed by atoms with Crippen LogP contribution in [-0.2, 0) is 14.3 Å². The van der Waals surface area contributed by atoms with Crippen LogP contribution in [0.3, 0.4) is 0 Å². The zero-order valence-electron chi connectivity index (χ0n) is 17.0. The van der Waals surface area contributed by atoms with Crippen LogP contribution in [0.5, 0.6) is 0 Å². The molecule has 0 aromatic carbocycles. The van der Waals surface area contributed by atoms with E-state index in [4.69, 9.17) is 0 Å². The second-order valence-corrected chi connectivity index (χ2v) is 11.3. The molecule has 0 aromatic rings. The first-order valence-corrected chi connectivity index (χ1v) is 11.3. The highest BCUT2D eigenvalue weighted by Gasteiger charge is 2.54. The minimum Gasteiger partial charge on any atom is -0.381 e. The van der Waals surface area contributed by atoms with Crippen LogP contribution in [0.4, 0.5) is 13.2 Å². The van der Waals surface area contributed by atoms with E-state index in [1.165, 1.54) is 0 Å². The Balaban J connectivity index is 2.09. The topological polar surface area (TPSA) is 43.4 Å². The lowest BCUT2D eigenvalue weighted by Crippen LogP contribution is -2.37. The number of alkyl halides is 3. The molecular formula is C20H33F3O3S. The maximum Gasteiger partial charge on any atom is 0.534 e. The van der Waals surface area contributed by atoms with Crippen molar-refractivity contribution in [3.05, 3.63) is 11.8 Å². The van der Waals surface area contributed by atoms with Gasteiger partial charge in [-0.2, -0.15) is 21.6 Å². The monoisotopic (exact) mass is 410 g/mol. The smallest absolute Gasteiger partial charge is 0.381 e. The van der Waals surface area contributed by atoms with Crippen LogP contribution >= 0.6 is 0 Å². The zero-order valence-corrected chi connectivity index (χ0v) is 17.8. The van der Waals surface area contributed by atoms with E-state index in [-0.39, 0.29) is 17.1 Å². The molecule has 4 atom stereocenters. The standard InChI is InChI=1S/C20H33F3O3S/c1-14(8-6-12-18(2,3)4)15-10-11-16-17(9-7-13-19(15,16)5)26-27(24,25)20(21,22)23/h9,14-16H,6-8,10-13H2,1-5H3/t14-,15-,16+,19-/m1/s1. The summed E-state index contributed by atoms with van der Waals surface area (Å²) < 4.78 is 65.7. The summed E-state index contributed by atoms with van der Waals surface area (Å²) in [7, 11) is -5.60. The van der Waals surface area contributed by atoms with Crippen LogP contribution in [0.15, 0.2) is 11.8 Å². The number of rotatable bonds is 6. The molecule has 0 aliphatic heterocycles. The molecule has 0 saturated heterocycles. The molecule has 158 valence electrons. The summed E-state index contributed by atoms with van der Waals surface area (Å²) in [5, 5.41) is 0. The highest BCUT2D eigenvalue weighted by molar-refractivity contribution is 7.87. The van der Waals surface area contributed by atoms with Crippen molar-refractivity contribution in [2.45, 2.75) is 85.1 Å². The molecule has 0 spiro atoms. The summed E-state index contributed by atoms with van der Waals surface area (Å²) in [6.07, 6.45) is 7.92. The molecule has 27 heavy (non-hydrogen) atoms. The quantitative estimate of drug-likeness (QED) is 0.375. The van der Waals surface area contributed by atoms with E-state index < -0.39 is 15.6 Å². The molecule has 0 heterocycles. The molecule has 2 rings (SSSR count). The van der Waals surface area contributed by atoms with Crippen LogP contribution in [0.25, 0.3) is 0 Å². The van der Waals surface area contributed by atoms with Crippen LogP contribution < -0.4 is 0 Å². The summed E-state index contributed by atoms with van der Waals surface area (Å²) in [4.78, 5) is 0. The normalized spacial score (nSPS) is 30.6. The van der Waals surface area contributed by atoms with E-state index in [1.54, 1.807) is 6.08 Å². The fraction of sp³-hybridized carbons (Fsp3) is 0.900. The predicted octanol–water partition coefficient (Wildman–Crippen LogP) is 6.42. The van der Waals surface area contributed by atoms with Crippen molar-refractivity contribution < 1.29 is 25.8 Å². The van der Waals surface area contributed by atoms with Gasteiger partial charge in [0.15, 0.2) is 0 Å². The number of hydrogen-bond acceptors (Lipinski definition) is 3. The number of halogens is 3. The van der Waals surface area contributed by atoms with E-state index >= 15 is 0 Å². The summed E-state index contributed by atoms with van der Waals surface area (Å²) in [6, 6.07) is 0. The van der Waals surface area contributed by atoms with Crippen molar-refractivity contribution in [3.63, 3.8) is 0 Å². The Labute approximate surface area is 161 Å². The van der Waals surface area contributed by atoms with Crippen LogP contribution in [0.2, 0.25) is 0 Å². The Morgan fingerprint density at radius 3 is 2.44 bits per heavy atom. The van der Waals surface area contributed by atoms with E-state index in [1.807, 2.05) is 0 Å². The van der Waals surface area contributed by atoms with Gasteiger partial charge >= 0.3 is 15.6 Å². The van der Waals surface area contributed by atoms with Crippen LogP contribution in [0.1, 0.15) is 79.6 Å². The number of hydrogen-bond donors (Lipinski definition) is 0. The van der Waals surface area contributed by atoms with Crippen LogP contribution in [0, 0.1) is 28.6 Å². The molecule has 3 nitrogen and oxygen atoms in total. The molecule has 0 radical (unpaired) electrons. The second-order valence-electron chi connectivity index (χ2n) is 9.80. The van der Waals surface area contributed by atoms with Crippen molar-refractivity contribution in [1.29, 1.82) is 0 Å². The Morgan fingerprint density at radius 1 is 1.26 bits per heavy atom. The van der Waals surface area contributed by atoms with E-state index in [0.717, 1.165) is 32.1 Å². The van der Waals surface area contributed by atoms with Gasteiger partial charge in [-0.05, 0) is 60.8 Å². The first-order valence-electron chi connectivity index (χ1n) is 9.88. The molecule has 0 N–H and O–H groups in total. The molecule has 0 bridgehead atoms. The lowest BCUT2D eigenvalue weighted by atomic mass is 9.63. The van der Waals surface area contributed by atoms with Gasteiger partial charge in [-0.15, -0.1) is 0 Å². The van der Waals surface area contributed by atoms with E-state index in [9.17, 15) is 21.6 Å². The zero-order chi connectivity index (χ0) is 20.7. The Kier molecular flexibility index (Phi) is 6.35. The lowest BCUT2D eigenvalue weighted by molar-refractivity contribution is -0.0536. The summed E-state index contributed by atoms with van der Waals surface area (Å²) in [5.41, 5.74) is -5.30. The van der Waals surface area contributed by atoms with Gasteiger partial charge in [0.25, 0.3) is 0 Å². The third-order valence-corrected chi connectivity index (χ3v) is 7.52. The lowest BCUT2D eigenvalue weighted by Gasteiger charge is -2.42. The molecule has 0 unspecified atom stereocenters. The first-order chi connectivity index (χ1) is 12.2.